The van der Waals surface area contributed by atoms with Gasteiger partial charge >= 0.3 is 6.03 Å². The van der Waals surface area contributed by atoms with E-state index in [4.69, 9.17) is 0 Å². The number of hydrogen-bond acceptors (Lipinski definition) is 4. The maximum atomic E-state index is 12.6. The highest BCUT2D eigenvalue weighted by atomic mass is 16.3. The molecule has 2 aliphatic rings. The second-order valence-corrected chi connectivity index (χ2v) is 12.0. The number of carbonyl (C=O) groups excluding carboxylic acids is 1. The van der Waals surface area contributed by atoms with Crippen molar-refractivity contribution in [2.75, 3.05) is 40.3 Å². The summed E-state index contributed by atoms with van der Waals surface area (Å²) in [6, 6.07) is 10.7. The number of carbonyl (C=O) groups is 1. The Morgan fingerprint density at radius 3 is 2.26 bits per heavy atom. The van der Waals surface area contributed by atoms with Gasteiger partial charge in [0.1, 0.15) is 5.60 Å². The lowest BCUT2D eigenvalue weighted by atomic mass is 9.62. The molecule has 35 heavy (non-hydrogen) atoms. The number of likely N-dealkylation sites (N-methyl/N-ethyl adjacent to an activating group) is 1. The second kappa shape index (κ2) is 9.21. The first-order chi connectivity index (χ1) is 16.4. The number of amides is 2. The van der Waals surface area contributed by atoms with Crippen LogP contribution in [0.15, 0.2) is 42.7 Å². The van der Waals surface area contributed by atoms with E-state index in [1.54, 1.807) is 4.90 Å². The summed E-state index contributed by atoms with van der Waals surface area (Å²) in [5.74, 6) is 0.443. The fourth-order valence-corrected chi connectivity index (χ4v) is 5.96. The number of urea groups is 1. The molecule has 6 nitrogen and oxygen atoms in total. The molecule has 0 bridgehead atoms. The highest BCUT2D eigenvalue weighted by Crippen LogP contribution is 2.50. The molecule has 1 N–H and O–H groups in total. The SMILES string of the molecule is CC(C)c1ccc(C(O)(c2cncc(CCC(C)(C)N3CCN(C)C3=O)c2)C2(C)CN(C)C2)cc1. The van der Waals surface area contributed by atoms with Gasteiger partial charge in [0.25, 0.3) is 0 Å². The molecule has 2 fully saturated rings. The van der Waals surface area contributed by atoms with Crippen molar-refractivity contribution < 1.29 is 9.90 Å². The van der Waals surface area contributed by atoms with Crippen molar-refractivity contribution in [2.45, 2.75) is 64.5 Å². The summed E-state index contributed by atoms with van der Waals surface area (Å²) in [6.07, 6.45) is 5.35. The van der Waals surface area contributed by atoms with E-state index in [2.05, 4.69) is 81.9 Å². The Kier molecular flexibility index (Phi) is 6.75. The lowest BCUT2D eigenvalue weighted by molar-refractivity contribution is -0.127. The molecule has 190 valence electrons. The minimum Gasteiger partial charge on any atom is -0.380 e. The molecule has 4 rings (SSSR count). The number of aliphatic hydroxyl groups is 1. The molecule has 2 aliphatic heterocycles. The van der Waals surface area contributed by atoms with Crippen molar-refractivity contribution in [3.63, 3.8) is 0 Å². The molecule has 2 amide bonds. The van der Waals surface area contributed by atoms with Gasteiger partial charge in [0.2, 0.25) is 0 Å². The van der Waals surface area contributed by atoms with E-state index in [0.29, 0.717) is 5.92 Å². The summed E-state index contributed by atoms with van der Waals surface area (Å²) >= 11 is 0. The summed E-state index contributed by atoms with van der Waals surface area (Å²) in [5.41, 5.74) is 2.42. The van der Waals surface area contributed by atoms with Gasteiger partial charge in [-0.05, 0) is 62.4 Å². The van der Waals surface area contributed by atoms with Gasteiger partial charge in [0.05, 0.1) is 0 Å². The van der Waals surface area contributed by atoms with Crippen LogP contribution in [0.2, 0.25) is 0 Å². The van der Waals surface area contributed by atoms with Crippen molar-refractivity contribution in [3.8, 4) is 0 Å². The standard InChI is InChI=1S/C29H42N4O2/c1-21(2)23-8-10-24(11-9-23)29(35,28(5)19-31(6)20-28)25-16-22(17-30-18-25)12-13-27(3,4)33-15-14-32(7)26(33)34/h8-11,16-18,21,35H,12-15,19-20H2,1-7H3. The number of likely N-dealkylation sites (tertiary alicyclic amines) is 1. The lowest BCUT2D eigenvalue weighted by Crippen LogP contribution is -2.63. The van der Waals surface area contributed by atoms with E-state index >= 15 is 0 Å². The van der Waals surface area contributed by atoms with Gasteiger partial charge in [-0.15, -0.1) is 0 Å². The number of aromatic nitrogens is 1. The molecule has 1 unspecified atom stereocenters. The Labute approximate surface area is 211 Å². The second-order valence-electron chi connectivity index (χ2n) is 12.0. The van der Waals surface area contributed by atoms with Crippen LogP contribution in [0.5, 0.6) is 0 Å². The van der Waals surface area contributed by atoms with Gasteiger partial charge in [-0.3, -0.25) is 4.98 Å². The van der Waals surface area contributed by atoms with Gasteiger partial charge in [-0.25, -0.2) is 4.79 Å². The average molecular weight is 479 g/mol. The third-order valence-corrected chi connectivity index (χ3v) is 8.29. The molecular weight excluding hydrogens is 436 g/mol. The Hall–Kier alpha value is -2.44. The molecule has 0 saturated carbocycles. The molecule has 2 saturated heterocycles. The first-order valence-corrected chi connectivity index (χ1v) is 12.9. The molecule has 1 aromatic heterocycles. The van der Waals surface area contributed by atoms with Crippen LogP contribution >= 0.6 is 0 Å². The van der Waals surface area contributed by atoms with Crippen LogP contribution in [0.1, 0.15) is 69.2 Å². The lowest BCUT2D eigenvalue weighted by Gasteiger charge is -2.56. The first kappa shape index (κ1) is 25.6. The number of rotatable bonds is 8. The largest absolute Gasteiger partial charge is 0.380 e. The number of benzene rings is 1. The average Bonchev–Trinajstić information content (AvgIpc) is 3.15. The molecule has 6 heteroatoms. The van der Waals surface area contributed by atoms with Gasteiger partial charge < -0.3 is 19.8 Å². The van der Waals surface area contributed by atoms with Crippen molar-refractivity contribution in [1.29, 1.82) is 0 Å². The Balaban J connectivity index is 1.63. The van der Waals surface area contributed by atoms with E-state index < -0.39 is 5.60 Å². The number of hydrogen-bond donors (Lipinski definition) is 1. The zero-order valence-corrected chi connectivity index (χ0v) is 22.5. The van der Waals surface area contributed by atoms with Crippen LogP contribution in [0.3, 0.4) is 0 Å². The quantitative estimate of drug-likeness (QED) is 0.608. The van der Waals surface area contributed by atoms with Gasteiger partial charge in [0.15, 0.2) is 0 Å². The van der Waals surface area contributed by atoms with Gasteiger partial charge in [-0.1, -0.05) is 45.0 Å². The number of aryl methyl sites for hydroxylation is 1. The van der Waals surface area contributed by atoms with Crippen LogP contribution in [-0.2, 0) is 12.0 Å². The maximum absolute atomic E-state index is 12.6. The predicted molar refractivity (Wildman–Crippen MR) is 141 cm³/mol. The van der Waals surface area contributed by atoms with Crippen molar-refractivity contribution in [2.24, 2.45) is 5.41 Å². The van der Waals surface area contributed by atoms with Crippen LogP contribution in [0, 0.1) is 5.41 Å². The van der Waals surface area contributed by atoms with Crippen LogP contribution in [0.25, 0.3) is 0 Å². The van der Waals surface area contributed by atoms with E-state index in [1.807, 2.05) is 24.3 Å². The van der Waals surface area contributed by atoms with E-state index in [1.165, 1.54) is 5.56 Å². The molecule has 0 spiro atoms. The van der Waals surface area contributed by atoms with Crippen molar-refractivity contribution >= 4 is 6.03 Å². The minimum absolute atomic E-state index is 0.100. The maximum Gasteiger partial charge on any atom is 0.320 e. The molecule has 3 heterocycles. The van der Waals surface area contributed by atoms with E-state index in [-0.39, 0.29) is 17.0 Å². The number of pyridine rings is 1. The Bertz CT molecular complexity index is 1060. The minimum atomic E-state index is -1.14. The summed E-state index contributed by atoms with van der Waals surface area (Å²) in [7, 11) is 3.96. The smallest absolute Gasteiger partial charge is 0.320 e. The first-order valence-electron chi connectivity index (χ1n) is 12.9. The highest BCUT2D eigenvalue weighted by Gasteiger charge is 2.55. The summed E-state index contributed by atoms with van der Waals surface area (Å²) in [4.78, 5) is 23.1. The van der Waals surface area contributed by atoms with Crippen LogP contribution in [-0.4, -0.2) is 76.6 Å². The zero-order chi connectivity index (χ0) is 25.6. The van der Waals surface area contributed by atoms with Gasteiger partial charge in [-0.2, -0.15) is 0 Å². The summed E-state index contributed by atoms with van der Waals surface area (Å²) in [5, 5.41) is 12.4. The van der Waals surface area contributed by atoms with Crippen LogP contribution < -0.4 is 0 Å². The molecule has 0 radical (unpaired) electrons. The van der Waals surface area contributed by atoms with E-state index in [0.717, 1.165) is 55.7 Å². The molecule has 2 aromatic rings. The summed E-state index contributed by atoms with van der Waals surface area (Å²) in [6.45, 7) is 14.0. The van der Waals surface area contributed by atoms with Crippen molar-refractivity contribution in [1.82, 2.24) is 19.7 Å². The fraction of sp³-hybridized carbons (Fsp3) is 0.586. The summed E-state index contributed by atoms with van der Waals surface area (Å²) < 4.78 is 0. The van der Waals surface area contributed by atoms with Gasteiger partial charge in [0, 0.05) is 62.1 Å². The Morgan fingerprint density at radius 2 is 1.71 bits per heavy atom. The monoisotopic (exact) mass is 478 g/mol. The predicted octanol–water partition coefficient (Wildman–Crippen LogP) is 4.47. The third kappa shape index (κ3) is 4.58. The molecule has 1 aromatic carbocycles. The highest BCUT2D eigenvalue weighted by molar-refractivity contribution is 5.77. The third-order valence-electron chi connectivity index (χ3n) is 8.29. The molecular formula is C29H42N4O2. The zero-order valence-electron chi connectivity index (χ0n) is 22.5. The fourth-order valence-electron chi connectivity index (χ4n) is 5.96. The van der Waals surface area contributed by atoms with E-state index in [9.17, 15) is 9.90 Å². The van der Waals surface area contributed by atoms with Crippen LogP contribution in [0.4, 0.5) is 4.79 Å². The van der Waals surface area contributed by atoms with Crippen molar-refractivity contribution in [3.05, 3.63) is 65.0 Å². The molecule has 0 aliphatic carbocycles. The Morgan fingerprint density at radius 1 is 1.06 bits per heavy atom. The normalized spacial score (nSPS) is 20.3. The topological polar surface area (TPSA) is 59.9 Å². The molecule has 1 atom stereocenters. The number of nitrogens with zero attached hydrogens (tertiary/aromatic N) is 4.